The average Bonchev–Trinajstić information content (AvgIpc) is 2.28. The summed E-state index contributed by atoms with van der Waals surface area (Å²) in [6.45, 7) is 3.79. The zero-order valence-corrected chi connectivity index (χ0v) is 8.76. The van der Waals surface area contributed by atoms with Crippen LogP contribution in [0, 0.1) is 19.3 Å². The number of amidine groups is 1. The molecule has 0 aliphatic rings. The molecule has 0 fully saturated rings. The summed E-state index contributed by atoms with van der Waals surface area (Å²) in [5, 5.41) is 11.7. The topological polar surface area (TPSA) is 75.9 Å². The van der Waals surface area contributed by atoms with Gasteiger partial charge in [-0.05, 0) is 0 Å². The van der Waals surface area contributed by atoms with Gasteiger partial charge >= 0.3 is 76.7 Å². The first-order valence-electron chi connectivity index (χ1n) is 3.50. The van der Waals surface area contributed by atoms with Gasteiger partial charge in [0, 0.05) is 0 Å². The Morgan fingerprint density at radius 1 is 1.67 bits per heavy atom. The second kappa shape index (κ2) is 3.74. The first-order chi connectivity index (χ1) is 5.61. The Labute approximate surface area is 77.2 Å². The third-order valence-corrected chi connectivity index (χ3v) is 3.11. The van der Waals surface area contributed by atoms with E-state index < -0.39 is 0 Å². The van der Waals surface area contributed by atoms with Crippen LogP contribution in [0.4, 0.5) is 0 Å². The van der Waals surface area contributed by atoms with Gasteiger partial charge in [0.2, 0.25) is 0 Å². The molecule has 0 bridgehead atoms. The number of aromatic nitrogens is 1. The second-order valence-corrected chi connectivity index (χ2v) is 4.59. The molecule has 5 heteroatoms. The third-order valence-electron chi connectivity index (χ3n) is 1.55. The zero-order chi connectivity index (χ0) is 9.14. The Hall–Kier alpha value is -0.801. The Balaban J connectivity index is 2.68. The van der Waals surface area contributed by atoms with E-state index in [9.17, 15) is 0 Å². The van der Waals surface area contributed by atoms with E-state index in [-0.39, 0.29) is 19.7 Å². The summed E-state index contributed by atoms with van der Waals surface area (Å²) < 4.78 is 5.24. The Morgan fingerprint density at radius 2 is 2.33 bits per heavy atom. The number of aryl methyl sites for hydroxylation is 2. The molecule has 1 aromatic rings. The molecule has 0 amide bonds. The van der Waals surface area contributed by atoms with Crippen molar-refractivity contribution in [1.29, 1.82) is 5.41 Å². The van der Waals surface area contributed by atoms with Gasteiger partial charge in [-0.2, -0.15) is 0 Å². The van der Waals surface area contributed by atoms with Crippen molar-refractivity contribution in [3.8, 4) is 0 Å². The Bertz CT molecular complexity index is 275. The standard InChI is InChI=1S/C7H11N3OSe/c1-4-6(3-12-7(8)9)5(2)11-10-4/h3H2,1-2H3,(H3,8,9). The quantitative estimate of drug-likeness (QED) is 0.449. The third kappa shape index (κ3) is 2.09. The van der Waals surface area contributed by atoms with Crippen LogP contribution in [-0.4, -0.2) is 24.8 Å². The van der Waals surface area contributed by atoms with Crippen LogP contribution in [0.3, 0.4) is 0 Å². The molecule has 0 saturated heterocycles. The van der Waals surface area contributed by atoms with E-state index in [1.54, 1.807) is 0 Å². The van der Waals surface area contributed by atoms with Gasteiger partial charge in [0.25, 0.3) is 0 Å². The normalized spacial score (nSPS) is 10.2. The number of nitrogens with two attached hydrogens (primary N) is 1. The summed E-state index contributed by atoms with van der Waals surface area (Å²) in [4.78, 5) is 0. The molecule has 0 aliphatic heterocycles. The van der Waals surface area contributed by atoms with E-state index >= 15 is 0 Å². The molecule has 1 aromatic heterocycles. The summed E-state index contributed by atoms with van der Waals surface area (Å²) in [5.74, 6) is 0.843. The molecule has 1 heterocycles. The fraction of sp³-hybridized carbons (Fsp3) is 0.429. The van der Waals surface area contributed by atoms with Crippen LogP contribution in [0.5, 0.6) is 0 Å². The van der Waals surface area contributed by atoms with Crippen molar-refractivity contribution in [2.24, 2.45) is 5.73 Å². The van der Waals surface area contributed by atoms with Crippen molar-refractivity contribution in [2.75, 3.05) is 0 Å². The fourth-order valence-electron chi connectivity index (χ4n) is 0.858. The second-order valence-electron chi connectivity index (χ2n) is 2.46. The van der Waals surface area contributed by atoms with Crippen LogP contribution in [0.25, 0.3) is 0 Å². The van der Waals surface area contributed by atoms with Gasteiger partial charge in [0.15, 0.2) is 0 Å². The summed E-state index contributed by atoms with van der Waals surface area (Å²) in [5.41, 5.74) is 7.28. The van der Waals surface area contributed by atoms with E-state index in [1.165, 1.54) is 0 Å². The first-order valence-corrected chi connectivity index (χ1v) is 5.56. The molecule has 0 saturated carbocycles. The van der Waals surface area contributed by atoms with Gasteiger partial charge in [-0.15, -0.1) is 0 Å². The van der Waals surface area contributed by atoms with Gasteiger partial charge in [-0.3, -0.25) is 0 Å². The van der Waals surface area contributed by atoms with E-state index in [4.69, 9.17) is 15.7 Å². The Morgan fingerprint density at radius 3 is 2.75 bits per heavy atom. The summed E-state index contributed by atoms with van der Waals surface area (Å²) in [6.07, 6.45) is 0. The average molecular weight is 232 g/mol. The molecular formula is C7H11N3OSe. The van der Waals surface area contributed by atoms with Crippen LogP contribution >= 0.6 is 0 Å². The van der Waals surface area contributed by atoms with Gasteiger partial charge < -0.3 is 0 Å². The maximum absolute atomic E-state index is 7.09. The van der Waals surface area contributed by atoms with Crippen LogP contribution in [0.1, 0.15) is 17.0 Å². The SMILES string of the molecule is Cc1noc(C)c1C[Se]C(=N)N. The van der Waals surface area contributed by atoms with Crippen LogP contribution in [0.2, 0.25) is 0 Å². The van der Waals surface area contributed by atoms with E-state index in [2.05, 4.69) is 5.16 Å². The van der Waals surface area contributed by atoms with Crippen LogP contribution in [0.15, 0.2) is 4.52 Å². The van der Waals surface area contributed by atoms with Gasteiger partial charge in [0.05, 0.1) is 0 Å². The predicted molar refractivity (Wildman–Crippen MR) is 47.3 cm³/mol. The summed E-state index contributed by atoms with van der Waals surface area (Å²) in [7, 11) is 0. The molecule has 0 radical (unpaired) electrons. The van der Waals surface area contributed by atoms with E-state index in [0.29, 0.717) is 0 Å². The van der Waals surface area contributed by atoms with Crippen molar-refractivity contribution in [3.63, 3.8) is 0 Å². The van der Waals surface area contributed by atoms with Crippen molar-refractivity contribution in [3.05, 3.63) is 17.0 Å². The van der Waals surface area contributed by atoms with Crippen molar-refractivity contribution in [2.45, 2.75) is 19.2 Å². The van der Waals surface area contributed by atoms with Gasteiger partial charge in [0.1, 0.15) is 0 Å². The zero-order valence-electron chi connectivity index (χ0n) is 7.05. The van der Waals surface area contributed by atoms with E-state index in [1.807, 2.05) is 13.8 Å². The number of nitrogens with one attached hydrogen (secondary N) is 1. The van der Waals surface area contributed by atoms with Crippen LogP contribution < -0.4 is 5.73 Å². The minimum absolute atomic E-state index is 0.0427. The molecule has 0 spiro atoms. The molecule has 3 N–H and O–H groups in total. The Kier molecular flexibility index (Phi) is 2.89. The van der Waals surface area contributed by atoms with Gasteiger partial charge in [-0.1, -0.05) is 0 Å². The molecule has 0 unspecified atom stereocenters. The van der Waals surface area contributed by atoms with Crippen molar-refractivity contribution < 1.29 is 4.52 Å². The molecule has 66 valence electrons. The minimum atomic E-state index is 0.0427. The summed E-state index contributed by atoms with van der Waals surface area (Å²) >= 11 is 0.0427. The molecule has 0 aliphatic carbocycles. The number of nitrogens with zero attached hydrogens (tertiary/aromatic N) is 1. The van der Waals surface area contributed by atoms with E-state index in [0.717, 1.165) is 22.3 Å². The van der Waals surface area contributed by atoms with Crippen LogP contribution in [-0.2, 0) is 5.32 Å². The van der Waals surface area contributed by atoms with Crippen molar-refractivity contribution >= 4 is 19.7 Å². The number of rotatable bonds is 3. The first kappa shape index (κ1) is 9.29. The molecule has 12 heavy (non-hydrogen) atoms. The molecule has 0 atom stereocenters. The molecule has 4 nitrogen and oxygen atoms in total. The maximum atomic E-state index is 7.09. The number of hydrogen-bond donors (Lipinski definition) is 2. The molecule has 1 rings (SSSR count). The summed E-state index contributed by atoms with van der Waals surface area (Å²) in [6, 6.07) is 0. The number of hydrogen-bond acceptors (Lipinski definition) is 3. The van der Waals surface area contributed by atoms with Gasteiger partial charge in [-0.25, -0.2) is 0 Å². The molecule has 0 aromatic carbocycles. The molecular weight excluding hydrogens is 221 g/mol. The predicted octanol–water partition coefficient (Wildman–Crippen LogP) is 0.389. The monoisotopic (exact) mass is 233 g/mol. The fourth-order valence-corrected chi connectivity index (χ4v) is 2.35. The van der Waals surface area contributed by atoms with Crippen molar-refractivity contribution in [1.82, 2.24) is 5.16 Å².